The zero-order chi connectivity index (χ0) is 20.2. The summed E-state index contributed by atoms with van der Waals surface area (Å²) in [5, 5.41) is 1.16. The van der Waals surface area contributed by atoms with E-state index in [1.807, 2.05) is 73.8 Å². The zero-order valence-electron chi connectivity index (χ0n) is 16.7. The number of nitrogens with zero attached hydrogens (tertiary/aromatic N) is 1. The van der Waals surface area contributed by atoms with Crippen LogP contribution in [0.2, 0.25) is 0 Å². The lowest BCUT2D eigenvalue weighted by Gasteiger charge is -2.17. The quantitative estimate of drug-likeness (QED) is 0.481. The second-order valence-electron chi connectivity index (χ2n) is 7.04. The van der Waals surface area contributed by atoms with Gasteiger partial charge in [0, 0.05) is 35.8 Å². The van der Waals surface area contributed by atoms with E-state index >= 15 is 0 Å². The number of benzene rings is 3. The van der Waals surface area contributed by atoms with Gasteiger partial charge in [0.1, 0.15) is 5.75 Å². The van der Waals surface area contributed by atoms with E-state index in [0.717, 1.165) is 33.6 Å². The highest BCUT2D eigenvalue weighted by molar-refractivity contribution is 5.95. The molecule has 1 aromatic heterocycles. The lowest BCUT2D eigenvalue weighted by atomic mass is 10.0. The molecule has 29 heavy (non-hydrogen) atoms. The van der Waals surface area contributed by atoms with E-state index in [2.05, 4.69) is 17.1 Å². The normalized spacial score (nSPS) is 10.8. The van der Waals surface area contributed by atoms with Crippen LogP contribution in [-0.2, 0) is 11.2 Å². The van der Waals surface area contributed by atoms with Crippen molar-refractivity contribution in [1.29, 1.82) is 0 Å². The summed E-state index contributed by atoms with van der Waals surface area (Å²) < 4.78 is 5.28. The van der Waals surface area contributed by atoms with Crippen molar-refractivity contribution in [1.82, 2.24) is 4.98 Å². The van der Waals surface area contributed by atoms with Crippen LogP contribution in [0.25, 0.3) is 22.2 Å². The Labute approximate surface area is 170 Å². The molecule has 0 saturated heterocycles. The monoisotopic (exact) mass is 384 g/mol. The number of carbonyl (C=O) groups is 1. The van der Waals surface area contributed by atoms with E-state index in [9.17, 15) is 4.79 Å². The van der Waals surface area contributed by atoms with Crippen molar-refractivity contribution < 1.29 is 9.53 Å². The summed E-state index contributed by atoms with van der Waals surface area (Å²) in [5.41, 5.74) is 5.30. The highest BCUT2D eigenvalue weighted by Gasteiger charge is 2.16. The van der Waals surface area contributed by atoms with Crippen LogP contribution in [0.3, 0.4) is 0 Å². The number of anilines is 1. The van der Waals surface area contributed by atoms with Crippen LogP contribution in [0.15, 0.2) is 78.9 Å². The highest BCUT2D eigenvalue weighted by atomic mass is 16.5. The van der Waals surface area contributed by atoms with E-state index in [4.69, 9.17) is 4.74 Å². The number of H-pyrrole nitrogens is 1. The van der Waals surface area contributed by atoms with Gasteiger partial charge in [-0.2, -0.15) is 0 Å². The molecule has 0 aliphatic rings. The minimum atomic E-state index is 0.0992. The molecule has 0 aliphatic carbocycles. The maximum atomic E-state index is 12.8. The molecule has 4 rings (SSSR count). The van der Waals surface area contributed by atoms with Crippen molar-refractivity contribution in [2.24, 2.45) is 0 Å². The van der Waals surface area contributed by atoms with Crippen LogP contribution < -0.4 is 9.64 Å². The second kappa shape index (κ2) is 8.23. The van der Waals surface area contributed by atoms with Crippen molar-refractivity contribution in [3.63, 3.8) is 0 Å². The summed E-state index contributed by atoms with van der Waals surface area (Å²) in [4.78, 5) is 18.1. The van der Waals surface area contributed by atoms with Crippen LogP contribution in [0.4, 0.5) is 5.69 Å². The van der Waals surface area contributed by atoms with Crippen LogP contribution in [0.1, 0.15) is 12.0 Å². The molecule has 1 heterocycles. The van der Waals surface area contributed by atoms with E-state index in [-0.39, 0.29) is 5.91 Å². The Balaban J connectivity index is 1.63. The summed E-state index contributed by atoms with van der Waals surface area (Å²) in [7, 11) is 3.50. The first-order valence-corrected chi connectivity index (χ1v) is 9.73. The Morgan fingerprint density at radius 3 is 2.34 bits per heavy atom. The number of amides is 1. The van der Waals surface area contributed by atoms with Crippen molar-refractivity contribution >= 4 is 22.5 Å². The predicted molar refractivity (Wildman–Crippen MR) is 118 cm³/mol. The molecule has 0 atom stereocenters. The van der Waals surface area contributed by atoms with Crippen LogP contribution in [0.5, 0.6) is 5.75 Å². The lowest BCUT2D eigenvalue weighted by Crippen LogP contribution is -2.26. The highest BCUT2D eigenvalue weighted by Crippen LogP contribution is 2.32. The number of aryl methyl sites for hydroxylation is 1. The van der Waals surface area contributed by atoms with Gasteiger partial charge in [0.15, 0.2) is 0 Å². The minimum absolute atomic E-state index is 0.0992. The second-order valence-corrected chi connectivity index (χ2v) is 7.04. The van der Waals surface area contributed by atoms with Gasteiger partial charge in [0.05, 0.1) is 7.11 Å². The molecule has 3 aromatic carbocycles. The van der Waals surface area contributed by atoms with Gasteiger partial charge >= 0.3 is 0 Å². The number of methoxy groups -OCH3 is 1. The minimum Gasteiger partial charge on any atom is -0.497 e. The summed E-state index contributed by atoms with van der Waals surface area (Å²) in [6.45, 7) is 0. The molecule has 1 N–H and O–H groups in total. The Bertz CT molecular complexity index is 1110. The van der Waals surface area contributed by atoms with Crippen molar-refractivity contribution in [2.45, 2.75) is 12.8 Å². The van der Waals surface area contributed by atoms with E-state index in [1.54, 1.807) is 12.0 Å². The van der Waals surface area contributed by atoms with Gasteiger partial charge in [-0.25, -0.2) is 0 Å². The smallest absolute Gasteiger partial charge is 0.227 e. The van der Waals surface area contributed by atoms with Gasteiger partial charge in [-0.05, 0) is 60.0 Å². The van der Waals surface area contributed by atoms with Gasteiger partial charge in [-0.1, -0.05) is 36.4 Å². The van der Waals surface area contributed by atoms with Crippen molar-refractivity contribution in [3.8, 4) is 17.0 Å². The maximum absolute atomic E-state index is 12.8. The largest absolute Gasteiger partial charge is 0.497 e. The SMILES string of the molecule is COc1ccc(-c2[nH]c3ccccc3c2CCC(=O)N(C)c2ccccc2)cc1. The third-order valence-corrected chi connectivity index (χ3v) is 5.30. The number of carbonyl (C=O) groups excluding carboxylic acids is 1. The first-order valence-electron chi connectivity index (χ1n) is 9.73. The molecular weight excluding hydrogens is 360 g/mol. The maximum Gasteiger partial charge on any atom is 0.227 e. The van der Waals surface area contributed by atoms with E-state index < -0.39 is 0 Å². The van der Waals surface area contributed by atoms with E-state index in [0.29, 0.717) is 12.8 Å². The number of ether oxygens (including phenoxy) is 1. The van der Waals surface area contributed by atoms with Gasteiger partial charge in [-0.15, -0.1) is 0 Å². The molecule has 0 aliphatic heterocycles. The van der Waals surface area contributed by atoms with Gasteiger partial charge < -0.3 is 14.6 Å². The molecule has 0 spiro atoms. The summed E-state index contributed by atoms with van der Waals surface area (Å²) in [5.74, 6) is 0.924. The third kappa shape index (κ3) is 3.87. The third-order valence-electron chi connectivity index (χ3n) is 5.30. The predicted octanol–water partition coefficient (Wildman–Crippen LogP) is 5.44. The summed E-state index contributed by atoms with van der Waals surface area (Å²) in [6.07, 6.45) is 1.11. The molecule has 4 heteroatoms. The Morgan fingerprint density at radius 1 is 0.931 bits per heavy atom. The number of fused-ring (bicyclic) bond motifs is 1. The molecule has 4 nitrogen and oxygen atoms in total. The molecule has 0 radical (unpaired) electrons. The molecule has 0 fully saturated rings. The Kier molecular flexibility index (Phi) is 5.34. The average molecular weight is 384 g/mol. The number of aromatic nitrogens is 1. The number of hydrogen-bond acceptors (Lipinski definition) is 2. The Hall–Kier alpha value is -3.53. The molecule has 0 bridgehead atoms. The number of aromatic amines is 1. The Morgan fingerprint density at radius 2 is 1.62 bits per heavy atom. The lowest BCUT2D eigenvalue weighted by molar-refractivity contribution is -0.118. The number of nitrogens with one attached hydrogen (secondary N) is 1. The number of para-hydroxylation sites is 2. The molecule has 146 valence electrons. The van der Waals surface area contributed by atoms with Crippen molar-refractivity contribution in [3.05, 3.63) is 84.4 Å². The van der Waals surface area contributed by atoms with Gasteiger partial charge in [-0.3, -0.25) is 4.79 Å². The zero-order valence-corrected chi connectivity index (χ0v) is 16.7. The molecule has 0 unspecified atom stereocenters. The van der Waals surface area contributed by atoms with Gasteiger partial charge in [0.2, 0.25) is 5.91 Å². The molecule has 4 aromatic rings. The summed E-state index contributed by atoms with van der Waals surface area (Å²) in [6, 6.07) is 26.0. The summed E-state index contributed by atoms with van der Waals surface area (Å²) >= 11 is 0. The number of hydrogen-bond donors (Lipinski definition) is 1. The van der Waals surface area contributed by atoms with Crippen LogP contribution in [0, 0.1) is 0 Å². The van der Waals surface area contributed by atoms with E-state index in [1.165, 1.54) is 5.56 Å². The standard InChI is InChI=1S/C25H24N2O2/c1-27(19-8-4-3-5-9-19)24(28)17-16-22-21-10-6-7-11-23(21)26-25(22)18-12-14-20(29-2)15-13-18/h3-15,26H,16-17H2,1-2H3. The fraction of sp³-hybridized carbons (Fsp3) is 0.160. The first-order chi connectivity index (χ1) is 14.2. The fourth-order valence-corrected chi connectivity index (χ4v) is 3.66. The average Bonchev–Trinajstić information content (AvgIpc) is 3.16. The molecule has 1 amide bonds. The topological polar surface area (TPSA) is 45.3 Å². The van der Waals surface area contributed by atoms with Gasteiger partial charge in [0.25, 0.3) is 0 Å². The first kappa shape index (κ1) is 18.8. The van der Waals surface area contributed by atoms with Crippen molar-refractivity contribution in [2.75, 3.05) is 19.1 Å². The van der Waals surface area contributed by atoms with Crippen LogP contribution >= 0.6 is 0 Å². The number of rotatable bonds is 6. The fourth-order valence-electron chi connectivity index (χ4n) is 3.66. The molecule has 0 saturated carbocycles. The molecular formula is C25H24N2O2. The van der Waals surface area contributed by atoms with Crippen LogP contribution in [-0.4, -0.2) is 25.0 Å².